The number of hydrogen-bond donors (Lipinski definition) is 0. The molecule has 2 aliphatic rings. The fourth-order valence-corrected chi connectivity index (χ4v) is 7.96. The number of rotatable bonds is 17. The van der Waals surface area contributed by atoms with Gasteiger partial charge in [-0.05, 0) is 116 Å². The maximum Gasteiger partial charge on any atom is 0.416 e. The lowest BCUT2D eigenvalue weighted by molar-refractivity contribution is -0.160. The van der Waals surface area contributed by atoms with Crippen molar-refractivity contribution in [2.45, 2.75) is 104 Å². The molecule has 0 radical (unpaired) electrons. The minimum Gasteiger partial charge on any atom is -0.465 e. The predicted molar refractivity (Wildman–Crippen MR) is 216 cm³/mol. The van der Waals surface area contributed by atoms with Crippen LogP contribution in [0.4, 0.5) is 13.2 Å². The Bertz CT molecular complexity index is 2000. The normalized spacial score (nSPS) is 17.3. The molecule has 0 spiro atoms. The van der Waals surface area contributed by atoms with Crippen molar-refractivity contribution in [2.24, 2.45) is 11.3 Å². The zero-order chi connectivity index (χ0) is 41.0. The summed E-state index contributed by atoms with van der Waals surface area (Å²) in [5.74, 6) is -1.25. The summed E-state index contributed by atoms with van der Waals surface area (Å²) in [6, 6.07) is 17.1. The largest absolute Gasteiger partial charge is 0.465 e. The lowest BCUT2D eigenvalue weighted by atomic mass is 9.81. The first kappa shape index (κ1) is 43.1. The van der Waals surface area contributed by atoms with Gasteiger partial charge in [-0.2, -0.15) is 13.2 Å². The number of hydrogen-bond acceptors (Lipinski definition) is 6. The first-order valence-corrected chi connectivity index (χ1v) is 20.3. The SMILES string of the molecule is CCCC(CC)C(=O)c1cc(CC(=O)OCC2(C(=O)OCC)CCC3=CC=CCCCC=C32)ccc1CCCC(=O)c1ccccc1-c1ccc(C(F)(F)F)cc1. The highest BCUT2D eigenvalue weighted by atomic mass is 19.4. The number of ether oxygens (including phenoxy) is 2. The van der Waals surface area contributed by atoms with E-state index in [4.69, 9.17) is 9.47 Å². The van der Waals surface area contributed by atoms with Gasteiger partial charge in [-0.1, -0.05) is 93.1 Å². The van der Waals surface area contributed by atoms with Crippen LogP contribution in [0.3, 0.4) is 0 Å². The van der Waals surface area contributed by atoms with Crippen LogP contribution in [-0.2, 0) is 38.1 Å². The van der Waals surface area contributed by atoms with Gasteiger partial charge < -0.3 is 9.47 Å². The molecule has 2 atom stereocenters. The Balaban J connectivity index is 1.31. The molecule has 6 nitrogen and oxygen atoms in total. The average Bonchev–Trinajstić information content (AvgIpc) is 3.61. The van der Waals surface area contributed by atoms with Crippen LogP contribution in [-0.4, -0.2) is 36.7 Å². The Morgan fingerprint density at radius 3 is 2.39 bits per heavy atom. The van der Waals surface area contributed by atoms with Gasteiger partial charge in [-0.3, -0.25) is 19.2 Å². The van der Waals surface area contributed by atoms with E-state index in [1.807, 2.05) is 32.1 Å². The van der Waals surface area contributed by atoms with E-state index in [2.05, 4.69) is 12.2 Å². The molecule has 1 saturated carbocycles. The van der Waals surface area contributed by atoms with Gasteiger partial charge in [0.15, 0.2) is 11.6 Å². The molecule has 0 saturated heterocycles. The standard InChI is InChI=1S/C48H53F3O6/c1-4-15-34(5-2)45(54)41-30-33(31-44(53)57-32-47(46(55)56-6-3)29-28-37-16-10-8-7-9-11-20-42(37)47)22-23-35(41)17-14-21-43(52)40-19-13-12-18-39(40)36-24-26-38(27-25-36)48(49,50)51/h8,10,12-13,16,18-20,22-27,30,34H,4-7,9,11,14-15,17,21,28-29,31-32H2,1-3H3. The number of aryl methyl sites for hydroxylation is 1. The highest BCUT2D eigenvalue weighted by molar-refractivity contribution is 6.02. The van der Waals surface area contributed by atoms with Gasteiger partial charge in [-0.15, -0.1) is 0 Å². The van der Waals surface area contributed by atoms with Crippen LogP contribution < -0.4 is 0 Å². The molecule has 0 bridgehead atoms. The second-order valence-electron chi connectivity index (χ2n) is 15.0. The second kappa shape index (κ2) is 19.9. The minimum absolute atomic E-state index is 0.00346. The van der Waals surface area contributed by atoms with Gasteiger partial charge in [0.1, 0.15) is 12.0 Å². The summed E-state index contributed by atoms with van der Waals surface area (Å²) in [7, 11) is 0. The van der Waals surface area contributed by atoms with Gasteiger partial charge in [-0.25, -0.2) is 0 Å². The van der Waals surface area contributed by atoms with E-state index >= 15 is 0 Å². The van der Waals surface area contributed by atoms with Crippen molar-refractivity contribution in [1.29, 1.82) is 0 Å². The van der Waals surface area contributed by atoms with Crippen molar-refractivity contribution in [1.82, 2.24) is 0 Å². The minimum atomic E-state index is -4.46. The fraction of sp³-hybridized carbons (Fsp3) is 0.417. The Morgan fingerprint density at radius 2 is 1.67 bits per heavy atom. The molecule has 5 rings (SSSR count). The van der Waals surface area contributed by atoms with Crippen molar-refractivity contribution in [3.05, 3.63) is 130 Å². The smallest absolute Gasteiger partial charge is 0.416 e. The molecular weight excluding hydrogens is 730 g/mol. The number of allylic oxidation sites excluding steroid dienone is 5. The second-order valence-corrected chi connectivity index (χ2v) is 15.0. The molecule has 9 heteroatoms. The number of carbonyl (C=O) groups excluding carboxylic acids is 4. The molecule has 3 aromatic carbocycles. The molecule has 1 fully saturated rings. The number of ketones is 2. The molecule has 2 unspecified atom stereocenters. The Morgan fingerprint density at radius 1 is 0.895 bits per heavy atom. The summed E-state index contributed by atoms with van der Waals surface area (Å²) < 4.78 is 50.9. The lowest BCUT2D eigenvalue weighted by Crippen LogP contribution is -2.38. The van der Waals surface area contributed by atoms with Crippen LogP contribution in [0.1, 0.15) is 122 Å². The number of halogens is 3. The molecule has 302 valence electrons. The van der Waals surface area contributed by atoms with Crippen molar-refractivity contribution in [3.63, 3.8) is 0 Å². The number of esters is 2. The van der Waals surface area contributed by atoms with E-state index in [1.54, 1.807) is 43.3 Å². The number of Topliss-reactive ketones (excluding diaryl/α,β-unsaturated/α-hetero) is 2. The van der Waals surface area contributed by atoms with E-state index in [0.29, 0.717) is 59.9 Å². The summed E-state index contributed by atoms with van der Waals surface area (Å²) in [5, 5.41) is 0. The molecule has 0 heterocycles. The van der Waals surface area contributed by atoms with Gasteiger partial charge in [0.25, 0.3) is 0 Å². The van der Waals surface area contributed by atoms with Crippen LogP contribution in [0, 0.1) is 11.3 Å². The topological polar surface area (TPSA) is 86.7 Å². The molecule has 57 heavy (non-hydrogen) atoms. The zero-order valence-electron chi connectivity index (χ0n) is 33.2. The highest BCUT2D eigenvalue weighted by Crippen LogP contribution is 2.48. The highest BCUT2D eigenvalue weighted by Gasteiger charge is 2.49. The van der Waals surface area contributed by atoms with Crippen molar-refractivity contribution >= 4 is 23.5 Å². The van der Waals surface area contributed by atoms with E-state index < -0.39 is 29.1 Å². The molecule has 0 aliphatic heterocycles. The van der Waals surface area contributed by atoms with Crippen molar-refractivity contribution < 1.29 is 41.8 Å². The molecule has 0 amide bonds. The van der Waals surface area contributed by atoms with Gasteiger partial charge in [0, 0.05) is 23.5 Å². The number of alkyl halides is 3. The monoisotopic (exact) mass is 782 g/mol. The molecule has 2 aliphatic carbocycles. The molecule has 3 aromatic rings. The summed E-state index contributed by atoms with van der Waals surface area (Å²) >= 11 is 0. The van der Waals surface area contributed by atoms with Crippen molar-refractivity contribution in [2.75, 3.05) is 13.2 Å². The van der Waals surface area contributed by atoms with E-state index in [0.717, 1.165) is 60.9 Å². The number of benzene rings is 3. The van der Waals surface area contributed by atoms with E-state index in [9.17, 15) is 32.3 Å². The molecular formula is C48H53F3O6. The van der Waals surface area contributed by atoms with E-state index in [1.165, 1.54) is 12.1 Å². The fourth-order valence-electron chi connectivity index (χ4n) is 7.96. The van der Waals surface area contributed by atoms with Crippen LogP contribution in [0.2, 0.25) is 0 Å². The summed E-state index contributed by atoms with van der Waals surface area (Å²) in [4.78, 5) is 54.5. The summed E-state index contributed by atoms with van der Waals surface area (Å²) in [6.07, 6.45) is 10.8. The van der Waals surface area contributed by atoms with E-state index in [-0.39, 0.29) is 43.5 Å². The maximum atomic E-state index is 14.0. The van der Waals surface area contributed by atoms with Gasteiger partial charge >= 0.3 is 18.1 Å². The quantitative estimate of drug-likeness (QED) is 0.100. The van der Waals surface area contributed by atoms with Crippen LogP contribution in [0.5, 0.6) is 0 Å². The Labute approximate surface area is 334 Å². The predicted octanol–water partition coefficient (Wildman–Crippen LogP) is 11.6. The maximum absolute atomic E-state index is 14.0. The summed E-state index contributed by atoms with van der Waals surface area (Å²) in [6.45, 7) is 5.86. The number of carbonyl (C=O) groups is 4. The van der Waals surface area contributed by atoms with Crippen LogP contribution in [0.25, 0.3) is 11.1 Å². The third-order valence-corrected chi connectivity index (χ3v) is 11.1. The number of fused-ring (bicyclic) bond motifs is 1. The van der Waals surface area contributed by atoms with Crippen LogP contribution >= 0.6 is 0 Å². The Kier molecular flexibility index (Phi) is 15.0. The zero-order valence-corrected chi connectivity index (χ0v) is 33.2. The summed E-state index contributed by atoms with van der Waals surface area (Å²) in [5.41, 5.74) is 3.50. The average molecular weight is 783 g/mol. The lowest BCUT2D eigenvalue weighted by Gasteiger charge is -2.28. The first-order valence-electron chi connectivity index (χ1n) is 20.3. The molecule has 0 aromatic heterocycles. The molecule has 0 N–H and O–H groups in total. The third-order valence-electron chi connectivity index (χ3n) is 11.1. The van der Waals surface area contributed by atoms with Gasteiger partial charge in [0.2, 0.25) is 0 Å². The van der Waals surface area contributed by atoms with Crippen LogP contribution in [0.15, 0.2) is 102 Å². The Hall–Kier alpha value is -5.05. The van der Waals surface area contributed by atoms with Gasteiger partial charge in [0.05, 0.1) is 18.6 Å². The van der Waals surface area contributed by atoms with Crippen molar-refractivity contribution in [3.8, 4) is 11.1 Å². The third kappa shape index (κ3) is 10.7. The first-order chi connectivity index (χ1) is 27.4.